The number of alkyl halides is 2. The highest BCUT2D eigenvalue weighted by Gasteiger charge is 2.32. The topological polar surface area (TPSA) is 30.7 Å². The molecule has 0 saturated carbocycles. The van der Waals surface area contributed by atoms with E-state index in [0.717, 1.165) is 15.7 Å². The van der Waals surface area contributed by atoms with Crippen LogP contribution in [-0.2, 0) is 18.9 Å². The normalized spacial score (nSPS) is 11.8. The lowest BCUT2D eigenvalue weighted by atomic mass is 9.80. The minimum atomic E-state index is -0.320. The van der Waals surface area contributed by atoms with Crippen LogP contribution in [-0.4, -0.2) is 26.8 Å². The van der Waals surface area contributed by atoms with Gasteiger partial charge in [-0.15, -0.1) is 28.3 Å². The van der Waals surface area contributed by atoms with Crippen LogP contribution in [0.3, 0.4) is 0 Å². The molecule has 0 aliphatic heterocycles. The first kappa shape index (κ1) is 14.8. The lowest BCUT2D eigenvalue weighted by Crippen LogP contribution is -2.33. The molecule has 2 aromatic rings. The maximum absolute atomic E-state index is 6.20. The summed E-state index contributed by atoms with van der Waals surface area (Å²) in [6.07, 6.45) is 2.57. The van der Waals surface area contributed by atoms with Crippen LogP contribution in [0.2, 0.25) is 0 Å². The van der Waals surface area contributed by atoms with E-state index in [-0.39, 0.29) is 5.41 Å². The zero-order valence-electron chi connectivity index (χ0n) is 10.5. The molecular weight excluding hydrogens is 349 g/mol. The van der Waals surface area contributed by atoms with Crippen LogP contribution in [0.25, 0.3) is 0 Å². The Labute approximate surface area is 131 Å². The number of aryl methyl sites for hydroxylation is 1. The maximum Gasteiger partial charge on any atom is 0.0836 e. The molecule has 0 radical (unpaired) electrons. The highest BCUT2D eigenvalue weighted by molar-refractivity contribution is 9.10. The number of benzene rings is 1. The van der Waals surface area contributed by atoms with Crippen molar-refractivity contribution in [2.45, 2.75) is 11.8 Å². The first-order chi connectivity index (χ1) is 9.09. The third-order valence-electron chi connectivity index (χ3n) is 3.14. The van der Waals surface area contributed by atoms with E-state index in [2.05, 4.69) is 26.2 Å². The van der Waals surface area contributed by atoms with Gasteiger partial charge in [0.2, 0.25) is 0 Å². The summed E-state index contributed by atoms with van der Waals surface area (Å²) in [4.78, 5) is 0. The molecule has 0 spiro atoms. The lowest BCUT2D eigenvalue weighted by molar-refractivity contribution is 0.528. The van der Waals surface area contributed by atoms with Crippen molar-refractivity contribution in [2.24, 2.45) is 7.05 Å². The molecule has 3 nitrogen and oxygen atoms in total. The second kappa shape index (κ2) is 6.25. The zero-order valence-corrected chi connectivity index (χ0v) is 13.6. The Bertz CT molecular complexity index is 535. The van der Waals surface area contributed by atoms with Crippen molar-refractivity contribution in [3.63, 3.8) is 0 Å². The summed E-state index contributed by atoms with van der Waals surface area (Å²) >= 11 is 15.8. The van der Waals surface area contributed by atoms with E-state index in [1.54, 1.807) is 4.68 Å². The van der Waals surface area contributed by atoms with Crippen LogP contribution in [0.4, 0.5) is 0 Å². The van der Waals surface area contributed by atoms with Gasteiger partial charge in [0.1, 0.15) is 0 Å². The van der Waals surface area contributed by atoms with Crippen molar-refractivity contribution < 1.29 is 0 Å². The second-order valence-corrected chi connectivity index (χ2v) is 6.07. The first-order valence-corrected chi connectivity index (χ1v) is 7.69. The summed E-state index contributed by atoms with van der Waals surface area (Å²) in [6.45, 7) is 0. The molecule has 1 heterocycles. The largest absolute Gasteiger partial charge is 0.255 e. The van der Waals surface area contributed by atoms with Crippen molar-refractivity contribution in [2.75, 3.05) is 11.8 Å². The van der Waals surface area contributed by atoms with E-state index in [1.165, 1.54) is 0 Å². The van der Waals surface area contributed by atoms with Crippen molar-refractivity contribution >= 4 is 39.1 Å². The van der Waals surface area contributed by atoms with E-state index >= 15 is 0 Å². The quantitative estimate of drug-likeness (QED) is 0.761. The minimum absolute atomic E-state index is 0.320. The number of halogens is 3. The van der Waals surface area contributed by atoms with Gasteiger partial charge in [0.05, 0.1) is 5.69 Å². The van der Waals surface area contributed by atoms with Gasteiger partial charge in [-0.1, -0.05) is 33.3 Å². The zero-order chi connectivity index (χ0) is 13.9. The van der Waals surface area contributed by atoms with Crippen LogP contribution in [0.5, 0.6) is 0 Å². The molecule has 0 bridgehead atoms. The van der Waals surface area contributed by atoms with Gasteiger partial charge in [-0.3, -0.25) is 4.68 Å². The molecule has 0 aliphatic carbocycles. The molecule has 1 aromatic carbocycles. The average molecular weight is 363 g/mol. The van der Waals surface area contributed by atoms with Crippen molar-refractivity contribution in [1.29, 1.82) is 0 Å². The van der Waals surface area contributed by atoms with Gasteiger partial charge in [0, 0.05) is 41.3 Å². The van der Waals surface area contributed by atoms with E-state index in [0.29, 0.717) is 18.2 Å². The number of hydrogen-bond donors (Lipinski definition) is 0. The molecule has 0 N–H and O–H groups in total. The van der Waals surface area contributed by atoms with Gasteiger partial charge >= 0.3 is 0 Å². The molecule has 1 aromatic heterocycles. The molecule has 102 valence electrons. The van der Waals surface area contributed by atoms with Crippen LogP contribution >= 0.6 is 39.1 Å². The van der Waals surface area contributed by atoms with Crippen molar-refractivity contribution in [3.05, 3.63) is 46.2 Å². The number of rotatable bonds is 5. The molecule has 2 rings (SSSR count). The number of nitrogens with zero attached hydrogens (tertiary/aromatic N) is 3. The summed E-state index contributed by atoms with van der Waals surface area (Å²) in [5.41, 5.74) is 1.69. The number of aromatic nitrogens is 3. The van der Waals surface area contributed by atoms with Gasteiger partial charge < -0.3 is 0 Å². The van der Waals surface area contributed by atoms with Gasteiger partial charge in [-0.25, -0.2) is 0 Å². The Balaban J connectivity index is 2.33. The van der Waals surface area contributed by atoms with Gasteiger partial charge in [0.15, 0.2) is 0 Å². The standard InChI is InChI=1S/C13H14BrCl2N3/c1-19-7-12(17-18-19)6-13(8-15,9-16)10-2-4-11(14)5-3-10/h2-5,7H,6,8-9H2,1H3. The minimum Gasteiger partial charge on any atom is -0.255 e. The third kappa shape index (κ3) is 3.30. The fourth-order valence-electron chi connectivity index (χ4n) is 2.01. The van der Waals surface area contributed by atoms with Gasteiger partial charge in [0.25, 0.3) is 0 Å². The summed E-state index contributed by atoms with van der Waals surface area (Å²) in [6, 6.07) is 8.09. The summed E-state index contributed by atoms with van der Waals surface area (Å²) in [5.74, 6) is 0.878. The average Bonchev–Trinajstić information content (AvgIpc) is 2.82. The van der Waals surface area contributed by atoms with Crippen LogP contribution in [0.15, 0.2) is 34.9 Å². The smallest absolute Gasteiger partial charge is 0.0836 e. The Morgan fingerprint density at radius 2 is 1.84 bits per heavy atom. The first-order valence-electron chi connectivity index (χ1n) is 5.83. The van der Waals surface area contributed by atoms with Gasteiger partial charge in [-0.05, 0) is 17.7 Å². The SMILES string of the molecule is Cn1cc(CC(CCl)(CCl)c2ccc(Br)cc2)nn1. The highest BCUT2D eigenvalue weighted by Crippen LogP contribution is 2.32. The van der Waals surface area contributed by atoms with Crippen LogP contribution in [0.1, 0.15) is 11.3 Å². The fraction of sp³-hybridized carbons (Fsp3) is 0.385. The molecule has 0 atom stereocenters. The van der Waals surface area contributed by atoms with E-state index < -0.39 is 0 Å². The third-order valence-corrected chi connectivity index (χ3v) is 4.69. The lowest BCUT2D eigenvalue weighted by Gasteiger charge is -2.29. The van der Waals surface area contributed by atoms with Crippen molar-refractivity contribution in [3.8, 4) is 0 Å². The van der Waals surface area contributed by atoms with Crippen molar-refractivity contribution in [1.82, 2.24) is 15.0 Å². The van der Waals surface area contributed by atoms with Crippen LogP contribution < -0.4 is 0 Å². The monoisotopic (exact) mass is 361 g/mol. The summed E-state index contributed by atoms with van der Waals surface area (Å²) < 4.78 is 2.72. The molecular formula is C13H14BrCl2N3. The maximum atomic E-state index is 6.20. The highest BCUT2D eigenvalue weighted by atomic mass is 79.9. The predicted octanol–water partition coefficient (Wildman–Crippen LogP) is 3.54. The van der Waals surface area contributed by atoms with E-state index in [4.69, 9.17) is 23.2 Å². The van der Waals surface area contributed by atoms with E-state index in [1.807, 2.05) is 37.5 Å². The molecule has 0 unspecified atom stereocenters. The molecule has 0 fully saturated rings. The Morgan fingerprint density at radius 3 is 2.32 bits per heavy atom. The molecule has 6 heteroatoms. The Kier molecular flexibility index (Phi) is 4.87. The molecule has 19 heavy (non-hydrogen) atoms. The van der Waals surface area contributed by atoms with Crippen LogP contribution in [0, 0.1) is 0 Å². The summed E-state index contributed by atoms with van der Waals surface area (Å²) in [5, 5.41) is 8.08. The number of hydrogen-bond acceptors (Lipinski definition) is 2. The van der Waals surface area contributed by atoms with E-state index in [9.17, 15) is 0 Å². The predicted molar refractivity (Wildman–Crippen MR) is 82.0 cm³/mol. The fourth-order valence-corrected chi connectivity index (χ4v) is 3.06. The second-order valence-electron chi connectivity index (χ2n) is 4.61. The Morgan fingerprint density at radius 1 is 1.21 bits per heavy atom. The Hall–Kier alpha value is -0.580. The molecule has 0 amide bonds. The molecule has 0 saturated heterocycles. The summed E-state index contributed by atoms with van der Waals surface area (Å²) in [7, 11) is 1.85. The van der Waals surface area contributed by atoms with Gasteiger partial charge in [-0.2, -0.15) is 0 Å². The molecule has 0 aliphatic rings.